The number of aromatic nitrogens is 2. The first-order valence-corrected chi connectivity index (χ1v) is 11.5. The van der Waals surface area contributed by atoms with Crippen LogP contribution in [-0.2, 0) is 9.59 Å². The number of benzene rings is 1. The van der Waals surface area contributed by atoms with Gasteiger partial charge in [0.1, 0.15) is 16.1 Å². The quantitative estimate of drug-likeness (QED) is 0.807. The molecule has 29 heavy (non-hydrogen) atoms. The Hall–Kier alpha value is -2.28. The average Bonchev–Trinajstić information content (AvgIpc) is 3.20. The second-order valence-corrected chi connectivity index (χ2v) is 9.26. The zero-order valence-corrected chi connectivity index (χ0v) is 17.7. The number of hydrogen-bond donors (Lipinski definition) is 1. The Labute approximate surface area is 175 Å². The third-order valence-corrected chi connectivity index (χ3v) is 6.83. The van der Waals surface area contributed by atoms with Crippen LogP contribution in [0.1, 0.15) is 56.4 Å². The maximum Gasteiger partial charge on any atom is 0.247 e. The lowest BCUT2D eigenvalue weighted by atomic mass is 9.87. The largest absolute Gasteiger partial charge is 0.330 e. The van der Waals surface area contributed by atoms with E-state index in [9.17, 15) is 9.59 Å². The maximum atomic E-state index is 13.1. The molecule has 2 heterocycles. The number of nitrogens with zero attached hydrogens (tertiary/aromatic N) is 3. The lowest BCUT2D eigenvalue weighted by molar-refractivity contribution is -0.144. The minimum absolute atomic E-state index is 0.0838. The molecule has 1 aliphatic carbocycles. The molecule has 0 radical (unpaired) electrons. The molecule has 0 spiro atoms. The van der Waals surface area contributed by atoms with Crippen LogP contribution in [-0.4, -0.2) is 39.5 Å². The minimum Gasteiger partial charge on any atom is -0.330 e. The van der Waals surface area contributed by atoms with E-state index in [0.29, 0.717) is 6.54 Å². The SMILES string of the molecule is Cc1nnc(-c2cccc(NC(=O)[C@@H]3CCCCN3C(=O)C3CCCCC3)c2)s1. The molecule has 2 fully saturated rings. The molecule has 154 valence electrons. The van der Waals surface area contributed by atoms with Crippen LogP contribution in [0, 0.1) is 12.8 Å². The number of carbonyl (C=O) groups is 2. The molecule has 2 aromatic rings. The van der Waals surface area contributed by atoms with Crippen molar-refractivity contribution in [2.24, 2.45) is 5.92 Å². The van der Waals surface area contributed by atoms with Crippen molar-refractivity contribution >= 4 is 28.8 Å². The fourth-order valence-corrected chi connectivity index (χ4v) is 5.11. The van der Waals surface area contributed by atoms with Gasteiger partial charge in [-0.05, 0) is 51.2 Å². The van der Waals surface area contributed by atoms with E-state index in [1.54, 1.807) is 0 Å². The molecular formula is C22H28N4O2S. The second kappa shape index (κ2) is 9.03. The number of hydrogen-bond acceptors (Lipinski definition) is 5. The third kappa shape index (κ3) is 4.66. The first kappa shape index (κ1) is 20.0. The third-order valence-electron chi connectivity index (χ3n) is 5.95. The second-order valence-electron chi connectivity index (χ2n) is 8.07. The predicted octanol–water partition coefficient (Wildman–Crippen LogP) is 4.41. The Bertz CT molecular complexity index is 875. The van der Waals surface area contributed by atoms with Crippen LogP contribution in [0.2, 0.25) is 0 Å². The lowest BCUT2D eigenvalue weighted by Crippen LogP contribution is -2.52. The fraction of sp³-hybridized carbons (Fsp3) is 0.545. The standard InChI is InChI=1S/C22H28N4O2S/c1-15-24-25-21(29-15)17-10-7-11-18(14-17)23-20(27)19-12-5-6-13-26(19)22(28)16-8-3-2-4-9-16/h7,10-11,14,16,19H,2-6,8-9,12-13H2,1H3,(H,23,27)/t19-/m0/s1. The molecule has 1 N–H and O–H groups in total. The Morgan fingerprint density at radius 3 is 2.62 bits per heavy atom. The number of rotatable bonds is 4. The van der Waals surface area contributed by atoms with Crippen molar-refractivity contribution in [2.45, 2.75) is 64.3 Å². The molecular weight excluding hydrogens is 384 g/mol. The summed E-state index contributed by atoms with van der Waals surface area (Å²) in [7, 11) is 0. The van der Waals surface area contributed by atoms with E-state index < -0.39 is 0 Å². The summed E-state index contributed by atoms with van der Waals surface area (Å²) in [5.41, 5.74) is 1.67. The first-order chi connectivity index (χ1) is 14.1. The Morgan fingerprint density at radius 1 is 1.07 bits per heavy atom. The van der Waals surface area contributed by atoms with Crippen molar-refractivity contribution in [3.63, 3.8) is 0 Å². The fourth-order valence-electron chi connectivity index (χ4n) is 4.42. The molecule has 1 aromatic heterocycles. The summed E-state index contributed by atoms with van der Waals surface area (Å²) >= 11 is 1.53. The molecule has 1 saturated carbocycles. The van der Waals surface area contributed by atoms with Crippen molar-refractivity contribution in [3.05, 3.63) is 29.3 Å². The smallest absolute Gasteiger partial charge is 0.247 e. The van der Waals surface area contributed by atoms with Gasteiger partial charge in [-0.15, -0.1) is 10.2 Å². The predicted molar refractivity (Wildman–Crippen MR) is 115 cm³/mol. The zero-order chi connectivity index (χ0) is 20.2. The summed E-state index contributed by atoms with van der Waals surface area (Å²) in [5, 5.41) is 13.0. The number of anilines is 1. The van der Waals surface area contributed by atoms with Gasteiger partial charge in [-0.25, -0.2) is 0 Å². The number of likely N-dealkylation sites (tertiary alicyclic amines) is 1. The van der Waals surface area contributed by atoms with Crippen molar-refractivity contribution in [3.8, 4) is 10.6 Å². The monoisotopic (exact) mass is 412 g/mol. The van der Waals surface area contributed by atoms with Gasteiger partial charge in [0.2, 0.25) is 11.8 Å². The van der Waals surface area contributed by atoms with Gasteiger partial charge >= 0.3 is 0 Å². The summed E-state index contributed by atoms with van der Waals surface area (Å²) in [6, 6.07) is 7.31. The molecule has 1 aromatic carbocycles. The highest BCUT2D eigenvalue weighted by molar-refractivity contribution is 7.14. The van der Waals surface area contributed by atoms with E-state index >= 15 is 0 Å². The molecule has 2 amide bonds. The highest BCUT2D eigenvalue weighted by atomic mass is 32.1. The normalized spacial score (nSPS) is 20.4. The highest BCUT2D eigenvalue weighted by Gasteiger charge is 2.35. The van der Waals surface area contributed by atoms with Crippen molar-refractivity contribution < 1.29 is 9.59 Å². The van der Waals surface area contributed by atoms with Crippen LogP contribution in [0.25, 0.3) is 10.6 Å². The summed E-state index contributed by atoms with van der Waals surface area (Å²) in [6.45, 7) is 2.62. The molecule has 7 heteroatoms. The van der Waals surface area contributed by atoms with Crippen LogP contribution < -0.4 is 5.32 Å². The van der Waals surface area contributed by atoms with E-state index in [-0.39, 0.29) is 23.8 Å². The summed E-state index contributed by atoms with van der Waals surface area (Å²) in [6.07, 6.45) is 8.10. The van der Waals surface area contributed by atoms with Crippen molar-refractivity contribution in [1.82, 2.24) is 15.1 Å². The Balaban J connectivity index is 1.47. The van der Waals surface area contributed by atoms with E-state index in [1.807, 2.05) is 36.1 Å². The van der Waals surface area contributed by atoms with Crippen molar-refractivity contribution in [2.75, 3.05) is 11.9 Å². The zero-order valence-electron chi connectivity index (χ0n) is 16.9. The van der Waals surface area contributed by atoms with Gasteiger partial charge in [0, 0.05) is 23.7 Å². The molecule has 6 nitrogen and oxygen atoms in total. The molecule has 1 atom stereocenters. The van der Waals surface area contributed by atoms with Crippen LogP contribution >= 0.6 is 11.3 Å². The van der Waals surface area contributed by atoms with E-state index in [4.69, 9.17) is 0 Å². The topological polar surface area (TPSA) is 75.2 Å². The van der Waals surface area contributed by atoms with Crippen LogP contribution in [0.3, 0.4) is 0 Å². The molecule has 0 unspecified atom stereocenters. The first-order valence-electron chi connectivity index (χ1n) is 10.6. The van der Waals surface area contributed by atoms with Gasteiger partial charge < -0.3 is 10.2 Å². The summed E-state index contributed by atoms with van der Waals surface area (Å²) in [5.74, 6) is 0.197. The van der Waals surface area contributed by atoms with Gasteiger partial charge in [-0.1, -0.05) is 42.7 Å². The minimum atomic E-state index is -0.370. The number of nitrogens with one attached hydrogen (secondary N) is 1. The summed E-state index contributed by atoms with van der Waals surface area (Å²) < 4.78 is 0. The number of piperidine rings is 1. The van der Waals surface area contributed by atoms with E-state index in [0.717, 1.165) is 66.2 Å². The van der Waals surface area contributed by atoms with Crippen LogP contribution in [0.4, 0.5) is 5.69 Å². The van der Waals surface area contributed by atoms with Gasteiger partial charge in [0.25, 0.3) is 0 Å². The molecule has 4 rings (SSSR count). The number of carbonyl (C=O) groups excluding carboxylic acids is 2. The molecule has 2 aliphatic rings. The van der Waals surface area contributed by atoms with Gasteiger partial charge in [0.05, 0.1) is 0 Å². The number of amides is 2. The van der Waals surface area contributed by atoms with Crippen LogP contribution in [0.15, 0.2) is 24.3 Å². The van der Waals surface area contributed by atoms with Gasteiger partial charge in [-0.2, -0.15) is 0 Å². The highest BCUT2D eigenvalue weighted by Crippen LogP contribution is 2.29. The summed E-state index contributed by atoms with van der Waals surface area (Å²) in [4.78, 5) is 28.0. The van der Waals surface area contributed by atoms with Gasteiger partial charge in [0.15, 0.2) is 0 Å². The Kier molecular flexibility index (Phi) is 6.23. The molecule has 1 saturated heterocycles. The van der Waals surface area contributed by atoms with E-state index in [1.165, 1.54) is 17.8 Å². The lowest BCUT2D eigenvalue weighted by Gasteiger charge is -2.37. The van der Waals surface area contributed by atoms with Crippen molar-refractivity contribution in [1.29, 1.82) is 0 Å². The van der Waals surface area contributed by atoms with E-state index in [2.05, 4.69) is 15.5 Å². The van der Waals surface area contributed by atoms with Crippen LogP contribution in [0.5, 0.6) is 0 Å². The Morgan fingerprint density at radius 2 is 1.86 bits per heavy atom. The molecule has 1 aliphatic heterocycles. The average molecular weight is 413 g/mol. The number of aryl methyl sites for hydroxylation is 1. The maximum absolute atomic E-state index is 13.1. The molecule has 0 bridgehead atoms. The van der Waals surface area contributed by atoms with Gasteiger partial charge in [-0.3, -0.25) is 9.59 Å².